The van der Waals surface area contributed by atoms with E-state index in [0.29, 0.717) is 17.0 Å². The molecule has 4 nitrogen and oxygen atoms in total. The number of aromatic nitrogens is 1. The van der Waals surface area contributed by atoms with Gasteiger partial charge in [0.2, 0.25) is 0 Å². The van der Waals surface area contributed by atoms with Crippen LogP contribution in [0.25, 0.3) is 10.9 Å². The van der Waals surface area contributed by atoms with Gasteiger partial charge in [0.05, 0.1) is 18.4 Å². The lowest BCUT2D eigenvalue weighted by atomic mass is 10.1. The molecule has 0 aliphatic rings. The van der Waals surface area contributed by atoms with Crippen molar-refractivity contribution in [1.82, 2.24) is 4.98 Å². The largest absolute Gasteiger partial charge is 0.497 e. The normalized spacial score (nSPS) is 11.3. The highest BCUT2D eigenvalue weighted by Crippen LogP contribution is 2.29. The molecule has 0 radical (unpaired) electrons. The Kier molecular flexibility index (Phi) is 3.31. The van der Waals surface area contributed by atoms with Gasteiger partial charge in [0.15, 0.2) is 5.88 Å². The molecular weight excluding hydrogens is 271 g/mol. The van der Waals surface area contributed by atoms with E-state index < -0.39 is 0 Å². The smallest absolute Gasteiger partial charge is 0.198 e. The van der Waals surface area contributed by atoms with Crippen LogP contribution >= 0.6 is 0 Å². The van der Waals surface area contributed by atoms with Crippen LogP contribution in [0, 0.1) is 5.82 Å². The molecule has 1 heterocycles. The minimum absolute atomic E-state index is 0.0124. The van der Waals surface area contributed by atoms with Crippen molar-refractivity contribution >= 4 is 22.8 Å². The van der Waals surface area contributed by atoms with Gasteiger partial charge in [-0.1, -0.05) is 6.07 Å². The molecule has 0 aliphatic heterocycles. The highest BCUT2D eigenvalue weighted by atomic mass is 19.1. The number of aromatic amines is 1. The third-order valence-corrected chi connectivity index (χ3v) is 3.18. The second-order valence-electron chi connectivity index (χ2n) is 4.54. The monoisotopic (exact) mass is 284 g/mol. The Morgan fingerprint density at radius 3 is 2.86 bits per heavy atom. The third kappa shape index (κ3) is 2.58. The maximum absolute atomic E-state index is 13.1. The van der Waals surface area contributed by atoms with Crippen molar-refractivity contribution in [3.05, 3.63) is 53.8 Å². The zero-order chi connectivity index (χ0) is 14.8. The summed E-state index contributed by atoms with van der Waals surface area (Å²) in [6, 6.07) is 11.4. The quantitative estimate of drug-likeness (QED) is 0.719. The van der Waals surface area contributed by atoms with Crippen LogP contribution in [0.4, 0.5) is 10.1 Å². The fraction of sp³-hybridized carbons (Fsp3) is 0.0625. The van der Waals surface area contributed by atoms with Crippen LogP contribution in [0.15, 0.2) is 47.5 Å². The first-order valence-corrected chi connectivity index (χ1v) is 6.35. The summed E-state index contributed by atoms with van der Waals surface area (Å²) < 4.78 is 18.3. The van der Waals surface area contributed by atoms with E-state index >= 15 is 0 Å². The molecular formula is C16H13FN2O2. The van der Waals surface area contributed by atoms with E-state index in [1.807, 2.05) is 6.07 Å². The minimum atomic E-state index is -0.352. The van der Waals surface area contributed by atoms with Gasteiger partial charge in [-0.2, -0.15) is 0 Å². The number of fused-ring (bicyclic) bond motifs is 1. The summed E-state index contributed by atoms with van der Waals surface area (Å²) in [5.41, 5.74) is 1.79. The lowest BCUT2D eigenvalue weighted by molar-refractivity contribution is 0.415. The van der Waals surface area contributed by atoms with E-state index in [4.69, 9.17) is 4.74 Å². The van der Waals surface area contributed by atoms with Crippen molar-refractivity contribution in [1.29, 1.82) is 0 Å². The van der Waals surface area contributed by atoms with Crippen molar-refractivity contribution in [3.63, 3.8) is 0 Å². The van der Waals surface area contributed by atoms with E-state index in [-0.39, 0.29) is 11.7 Å². The summed E-state index contributed by atoms with van der Waals surface area (Å²) >= 11 is 0. The third-order valence-electron chi connectivity index (χ3n) is 3.18. The highest BCUT2D eigenvalue weighted by Gasteiger charge is 2.09. The molecule has 0 fully saturated rings. The van der Waals surface area contributed by atoms with Gasteiger partial charge in [-0.25, -0.2) is 4.39 Å². The Morgan fingerprint density at radius 2 is 2.10 bits per heavy atom. The molecule has 21 heavy (non-hydrogen) atoms. The number of nitrogens with one attached hydrogen (secondary N) is 1. The Bertz CT molecular complexity index is 824. The van der Waals surface area contributed by atoms with Crippen molar-refractivity contribution < 1.29 is 14.2 Å². The van der Waals surface area contributed by atoms with Gasteiger partial charge < -0.3 is 14.8 Å². The number of aromatic hydroxyl groups is 1. The number of ether oxygens (including phenoxy) is 1. The molecule has 1 aromatic heterocycles. The van der Waals surface area contributed by atoms with Crippen LogP contribution in [0.1, 0.15) is 5.56 Å². The number of benzene rings is 2. The summed E-state index contributed by atoms with van der Waals surface area (Å²) in [4.78, 5) is 7.05. The Morgan fingerprint density at radius 1 is 1.24 bits per heavy atom. The highest BCUT2D eigenvalue weighted by molar-refractivity contribution is 6.03. The zero-order valence-electron chi connectivity index (χ0n) is 11.3. The van der Waals surface area contributed by atoms with Crippen molar-refractivity contribution in [2.45, 2.75) is 0 Å². The summed E-state index contributed by atoms with van der Waals surface area (Å²) in [5, 5.41) is 10.8. The molecule has 0 bridgehead atoms. The molecule has 0 atom stereocenters. The zero-order valence-corrected chi connectivity index (χ0v) is 11.3. The van der Waals surface area contributed by atoms with E-state index in [2.05, 4.69) is 9.98 Å². The maximum atomic E-state index is 13.1. The Balaban J connectivity index is 2.05. The lowest BCUT2D eigenvalue weighted by Gasteiger charge is -1.99. The summed E-state index contributed by atoms with van der Waals surface area (Å²) in [6.07, 6.45) is 1.50. The predicted octanol–water partition coefficient (Wildman–Crippen LogP) is 3.77. The number of hydrogen-bond donors (Lipinski definition) is 2. The van der Waals surface area contributed by atoms with E-state index in [9.17, 15) is 9.50 Å². The van der Waals surface area contributed by atoms with Crippen LogP contribution in [0.2, 0.25) is 0 Å². The fourth-order valence-corrected chi connectivity index (χ4v) is 2.13. The van der Waals surface area contributed by atoms with Crippen LogP contribution in [-0.4, -0.2) is 23.4 Å². The molecule has 0 saturated carbocycles. The first-order valence-electron chi connectivity index (χ1n) is 6.35. The number of rotatable bonds is 3. The minimum Gasteiger partial charge on any atom is -0.497 e. The van der Waals surface area contributed by atoms with Crippen molar-refractivity contribution in [2.75, 3.05) is 7.11 Å². The lowest BCUT2D eigenvalue weighted by Crippen LogP contribution is -1.83. The Hall–Kier alpha value is -2.82. The van der Waals surface area contributed by atoms with Gasteiger partial charge >= 0.3 is 0 Å². The molecule has 0 aliphatic carbocycles. The second-order valence-corrected chi connectivity index (χ2v) is 4.54. The molecule has 106 valence electrons. The van der Waals surface area contributed by atoms with E-state index in [0.717, 1.165) is 10.9 Å². The number of aliphatic imine (C=N–C) groups is 1. The summed E-state index contributed by atoms with van der Waals surface area (Å²) in [7, 11) is 1.58. The molecule has 3 aromatic rings. The number of hydrogen-bond acceptors (Lipinski definition) is 3. The maximum Gasteiger partial charge on any atom is 0.198 e. The molecule has 0 saturated heterocycles. The Labute approximate surface area is 120 Å². The van der Waals surface area contributed by atoms with Gasteiger partial charge in [0.1, 0.15) is 11.6 Å². The molecule has 3 rings (SSSR count). The van der Waals surface area contributed by atoms with E-state index in [1.165, 1.54) is 18.3 Å². The van der Waals surface area contributed by atoms with Gasteiger partial charge in [0, 0.05) is 17.1 Å². The topological polar surface area (TPSA) is 57.6 Å². The van der Waals surface area contributed by atoms with Crippen molar-refractivity contribution in [3.8, 4) is 11.6 Å². The SMILES string of the molecule is COc1ccc2[nH]c(O)c(C=Nc3cccc(F)c3)c2c1. The van der Waals surface area contributed by atoms with Crippen molar-refractivity contribution in [2.24, 2.45) is 4.99 Å². The molecule has 0 unspecified atom stereocenters. The standard InChI is InChI=1S/C16H13FN2O2/c1-21-12-5-6-15-13(8-12)14(16(20)19-15)9-18-11-4-2-3-10(17)7-11/h2-9,19-20H,1H3. The van der Waals surface area contributed by atoms with Gasteiger partial charge in [-0.05, 0) is 36.4 Å². The first-order chi connectivity index (χ1) is 10.2. The number of nitrogens with zero attached hydrogens (tertiary/aromatic N) is 1. The van der Waals surface area contributed by atoms with E-state index in [1.54, 1.807) is 31.4 Å². The van der Waals surface area contributed by atoms with Crippen LogP contribution < -0.4 is 4.74 Å². The average molecular weight is 284 g/mol. The summed E-state index contributed by atoms with van der Waals surface area (Å²) in [5.74, 6) is 0.342. The summed E-state index contributed by atoms with van der Waals surface area (Å²) in [6.45, 7) is 0. The number of H-pyrrole nitrogens is 1. The van der Waals surface area contributed by atoms with Gasteiger partial charge in [-0.15, -0.1) is 0 Å². The van der Waals surface area contributed by atoms with Crippen LogP contribution in [0.3, 0.4) is 0 Å². The van der Waals surface area contributed by atoms with Crippen LogP contribution in [-0.2, 0) is 0 Å². The first kappa shape index (κ1) is 13.2. The number of halogens is 1. The molecule has 0 spiro atoms. The average Bonchev–Trinajstić information content (AvgIpc) is 2.79. The molecule has 2 N–H and O–H groups in total. The fourth-order valence-electron chi connectivity index (χ4n) is 2.13. The molecule has 5 heteroatoms. The molecule has 2 aromatic carbocycles. The van der Waals surface area contributed by atoms with Gasteiger partial charge in [-0.3, -0.25) is 4.99 Å². The van der Waals surface area contributed by atoms with Crippen LogP contribution in [0.5, 0.6) is 11.6 Å². The molecule has 0 amide bonds. The number of methoxy groups -OCH3 is 1. The second kappa shape index (κ2) is 5.28. The predicted molar refractivity (Wildman–Crippen MR) is 80.2 cm³/mol. The van der Waals surface area contributed by atoms with Gasteiger partial charge in [0.25, 0.3) is 0 Å².